The van der Waals surface area contributed by atoms with Gasteiger partial charge in [0, 0.05) is 15.6 Å². The first-order valence-corrected chi connectivity index (χ1v) is 6.05. The Labute approximate surface area is 104 Å². The van der Waals surface area contributed by atoms with Crippen LogP contribution in [0.25, 0.3) is 0 Å². The van der Waals surface area contributed by atoms with Crippen molar-refractivity contribution in [1.29, 1.82) is 0 Å². The maximum atomic E-state index is 10.1. The molecule has 0 aliphatic carbocycles. The Bertz CT molecular complexity index is 405. The molecule has 0 radical (unpaired) electrons. The summed E-state index contributed by atoms with van der Waals surface area (Å²) in [6.07, 6.45) is -0.887. The van der Waals surface area contributed by atoms with E-state index in [1.54, 1.807) is 7.11 Å². The van der Waals surface area contributed by atoms with Gasteiger partial charge in [-0.3, -0.25) is 0 Å². The van der Waals surface area contributed by atoms with E-state index in [0.29, 0.717) is 0 Å². The normalized spacial score (nSPS) is 28.7. The fourth-order valence-corrected chi connectivity index (χ4v) is 2.77. The van der Waals surface area contributed by atoms with Gasteiger partial charge >= 0.3 is 0 Å². The van der Waals surface area contributed by atoms with Crippen molar-refractivity contribution >= 4 is 15.9 Å². The molecule has 0 aromatic heterocycles. The molecule has 0 saturated carbocycles. The van der Waals surface area contributed by atoms with Gasteiger partial charge < -0.3 is 14.6 Å². The van der Waals surface area contributed by atoms with E-state index in [9.17, 15) is 5.11 Å². The number of rotatable bonds is 1. The van der Waals surface area contributed by atoms with E-state index in [1.165, 1.54) is 0 Å². The van der Waals surface area contributed by atoms with Crippen LogP contribution in [0.2, 0.25) is 0 Å². The van der Waals surface area contributed by atoms with Crippen molar-refractivity contribution < 1.29 is 14.6 Å². The number of hydrogen-bond donors (Lipinski definition) is 1. The van der Waals surface area contributed by atoms with E-state index < -0.39 is 6.10 Å². The Morgan fingerprint density at radius 2 is 2.00 bits per heavy atom. The van der Waals surface area contributed by atoms with Crippen molar-refractivity contribution in [1.82, 2.24) is 0 Å². The van der Waals surface area contributed by atoms with Gasteiger partial charge in [-0.1, -0.05) is 15.9 Å². The van der Waals surface area contributed by atoms with Crippen molar-refractivity contribution in [3.05, 3.63) is 27.7 Å². The number of halogens is 1. The minimum Gasteiger partial charge on any atom is -0.496 e. The van der Waals surface area contributed by atoms with Gasteiger partial charge in [0.1, 0.15) is 11.9 Å². The minimum absolute atomic E-state index is 0.0687. The highest BCUT2D eigenvalue weighted by molar-refractivity contribution is 9.10. The third-order valence-electron chi connectivity index (χ3n) is 2.98. The van der Waals surface area contributed by atoms with Crippen molar-refractivity contribution in [2.45, 2.75) is 32.2 Å². The summed E-state index contributed by atoms with van der Waals surface area (Å²) in [5.74, 6) is 0.761. The molecule has 0 unspecified atom stereocenters. The van der Waals surface area contributed by atoms with E-state index in [-0.39, 0.29) is 12.2 Å². The molecule has 2 rings (SSSR count). The first-order valence-electron chi connectivity index (χ1n) is 5.26. The van der Waals surface area contributed by atoms with Gasteiger partial charge in [0.05, 0.1) is 19.3 Å². The predicted molar refractivity (Wildman–Crippen MR) is 64.6 cm³/mol. The molecule has 0 saturated heterocycles. The highest BCUT2D eigenvalue weighted by atomic mass is 79.9. The molecule has 1 heterocycles. The summed E-state index contributed by atoms with van der Waals surface area (Å²) in [5.41, 5.74) is 1.81. The second-order valence-electron chi connectivity index (χ2n) is 4.01. The summed E-state index contributed by atoms with van der Waals surface area (Å²) in [4.78, 5) is 0. The Hall–Kier alpha value is -0.580. The Morgan fingerprint density at radius 1 is 1.31 bits per heavy atom. The van der Waals surface area contributed by atoms with Crippen molar-refractivity contribution in [2.24, 2.45) is 0 Å². The fraction of sp³-hybridized carbons (Fsp3) is 0.500. The third kappa shape index (κ3) is 1.75. The average Bonchev–Trinajstić information content (AvgIpc) is 2.25. The number of hydrogen-bond acceptors (Lipinski definition) is 3. The molecule has 0 amide bonds. The molecule has 1 aromatic carbocycles. The molecule has 1 aromatic rings. The van der Waals surface area contributed by atoms with Crippen LogP contribution < -0.4 is 4.74 Å². The van der Waals surface area contributed by atoms with Crippen molar-refractivity contribution in [3.8, 4) is 5.75 Å². The number of methoxy groups -OCH3 is 1. The summed E-state index contributed by atoms with van der Waals surface area (Å²) >= 11 is 3.47. The summed E-state index contributed by atoms with van der Waals surface area (Å²) in [5, 5.41) is 10.1. The molecule has 16 heavy (non-hydrogen) atoms. The van der Waals surface area contributed by atoms with Crippen LogP contribution in [0.4, 0.5) is 0 Å². The monoisotopic (exact) mass is 286 g/mol. The molecule has 0 spiro atoms. The number of fused-ring (bicyclic) bond motifs is 1. The topological polar surface area (TPSA) is 38.7 Å². The lowest BCUT2D eigenvalue weighted by Crippen LogP contribution is -2.28. The lowest BCUT2D eigenvalue weighted by Gasteiger charge is -2.34. The van der Waals surface area contributed by atoms with E-state index in [4.69, 9.17) is 9.47 Å². The van der Waals surface area contributed by atoms with Crippen LogP contribution in [0.1, 0.15) is 37.2 Å². The molecule has 3 atom stereocenters. The zero-order valence-electron chi connectivity index (χ0n) is 9.53. The maximum Gasteiger partial charge on any atom is 0.125 e. The van der Waals surface area contributed by atoms with Crippen molar-refractivity contribution in [2.75, 3.05) is 7.11 Å². The van der Waals surface area contributed by atoms with Crippen LogP contribution in [0.5, 0.6) is 5.75 Å². The molecule has 1 N–H and O–H groups in total. The molecular formula is C12H15BrO3. The quantitative estimate of drug-likeness (QED) is 0.863. The van der Waals surface area contributed by atoms with Gasteiger partial charge in [0.25, 0.3) is 0 Å². The van der Waals surface area contributed by atoms with Crippen LogP contribution in [-0.2, 0) is 4.74 Å². The first kappa shape index (κ1) is 11.9. The lowest BCUT2D eigenvalue weighted by atomic mass is 9.92. The van der Waals surface area contributed by atoms with Crippen LogP contribution in [0.15, 0.2) is 16.6 Å². The lowest BCUT2D eigenvalue weighted by molar-refractivity contribution is -0.0820. The second-order valence-corrected chi connectivity index (χ2v) is 4.86. The predicted octanol–water partition coefficient (Wildman–Crippen LogP) is 2.97. The van der Waals surface area contributed by atoms with Gasteiger partial charge in [-0.2, -0.15) is 0 Å². The smallest absolute Gasteiger partial charge is 0.125 e. The van der Waals surface area contributed by atoms with Gasteiger partial charge in [0.2, 0.25) is 0 Å². The maximum absolute atomic E-state index is 10.1. The van der Waals surface area contributed by atoms with Gasteiger partial charge in [-0.15, -0.1) is 0 Å². The summed E-state index contributed by atoms with van der Waals surface area (Å²) in [6, 6.07) is 3.77. The van der Waals surface area contributed by atoms with Gasteiger partial charge in [-0.05, 0) is 26.0 Å². The molecule has 0 fully saturated rings. The van der Waals surface area contributed by atoms with Gasteiger partial charge in [-0.25, -0.2) is 0 Å². The van der Waals surface area contributed by atoms with Crippen molar-refractivity contribution in [3.63, 3.8) is 0 Å². The zero-order valence-corrected chi connectivity index (χ0v) is 11.1. The second kappa shape index (κ2) is 4.35. The third-order valence-corrected chi connectivity index (χ3v) is 3.67. The largest absolute Gasteiger partial charge is 0.496 e. The Balaban J connectivity index is 2.63. The number of aliphatic hydroxyl groups is 1. The Kier molecular flexibility index (Phi) is 3.24. The molecule has 0 bridgehead atoms. The number of benzene rings is 1. The number of ether oxygens (including phenoxy) is 2. The highest BCUT2D eigenvalue weighted by Crippen LogP contribution is 2.44. The molecule has 3 nitrogen and oxygen atoms in total. The zero-order chi connectivity index (χ0) is 11.9. The van der Waals surface area contributed by atoms with E-state index >= 15 is 0 Å². The first-order chi connectivity index (χ1) is 7.56. The Morgan fingerprint density at radius 3 is 2.62 bits per heavy atom. The summed E-state index contributed by atoms with van der Waals surface area (Å²) in [7, 11) is 1.63. The van der Waals surface area contributed by atoms with E-state index in [1.807, 2.05) is 26.0 Å². The molecule has 88 valence electrons. The van der Waals surface area contributed by atoms with Crippen LogP contribution in [0.3, 0.4) is 0 Å². The van der Waals surface area contributed by atoms with Crippen LogP contribution in [0, 0.1) is 0 Å². The molecule has 1 aliphatic rings. The van der Waals surface area contributed by atoms with Gasteiger partial charge in [0.15, 0.2) is 0 Å². The summed E-state index contributed by atoms with van der Waals surface area (Å²) in [6.45, 7) is 3.84. The standard InChI is InChI=1S/C12H15BrO3/c1-6-10-9(15-3)5-4-8(13)11(10)12(14)7(2)16-6/h4-7,12,14H,1-3H3/t6-,7+,12-/m1/s1. The highest BCUT2D eigenvalue weighted by Gasteiger charge is 2.33. The van der Waals surface area contributed by atoms with E-state index in [0.717, 1.165) is 21.3 Å². The fourth-order valence-electron chi connectivity index (χ4n) is 2.19. The molecule has 1 aliphatic heterocycles. The number of aliphatic hydroxyl groups excluding tert-OH is 1. The molecule has 4 heteroatoms. The summed E-state index contributed by atoms with van der Waals surface area (Å²) < 4.78 is 11.9. The van der Waals surface area contributed by atoms with Crippen LogP contribution >= 0.6 is 15.9 Å². The van der Waals surface area contributed by atoms with E-state index in [2.05, 4.69) is 15.9 Å². The SMILES string of the molecule is COc1ccc(Br)c2c1[C@@H](C)O[C@@H](C)[C@H]2O. The average molecular weight is 287 g/mol. The molecular weight excluding hydrogens is 272 g/mol. The minimum atomic E-state index is -0.615. The van der Waals surface area contributed by atoms with Crippen LogP contribution in [-0.4, -0.2) is 18.3 Å².